The van der Waals surface area contributed by atoms with E-state index in [1.165, 1.54) is 77.0 Å². The number of carbonyl (C=O) groups excluding carboxylic acids is 3. The topological polar surface area (TPSA) is 125 Å². The Bertz CT molecular complexity index is 1010. The Morgan fingerprint density at radius 1 is 0.554 bits per heavy atom. The Morgan fingerprint density at radius 2 is 0.911 bits per heavy atom. The third-order valence-corrected chi connectivity index (χ3v) is 10.1. The standard InChI is InChI=1S/C47H82N2O7/c1-3-5-7-9-11-13-15-17-19-21-23-25-27-29-31-33-35-55-46(53)37-42(48-45(52)41-49-39-43(50)44(51)40-49)38-47(54)56-36-34-32-30-28-26-24-22-20-18-16-14-12-10-8-6-4-2/h11-14,17-20,42-44,50-51H,3-10,15-16,21-41H2,1-2H3,(H,48,52)/t42?,43-,44+. The van der Waals surface area contributed by atoms with Gasteiger partial charge in [-0.3, -0.25) is 19.3 Å². The number of esters is 2. The molecule has 0 spiro atoms. The third-order valence-electron chi connectivity index (χ3n) is 10.1. The van der Waals surface area contributed by atoms with Crippen LogP contribution in [0.4, 0.5) is 0 Å². The number of likely N-dealkylation sites (tertiary alicyclic amines) is 1. The molecule has 1 aliphatic heterocycles. The van der Waals surface area contributed by atoms with Crippen molar-refractivity contribution >= 4 is 17.8 Å². The monoisotopic (exact) mass is 787 g/mol. The number of allylic oxidation sites excluding steroid dienone is 8. The maximum absolute atomic E-state index is 12.8. The number of nitrogens with one attached hydrogen (secondary N) is 1. The number of carbonyl (C=O) groups is 3. The number of aliphatic hydroxyl groups excluding tert-OH is 2. The smallest absolute Gasteiger partial charge is 0.307 e. The molecule has 1 fully saturated rings. The van der Waals surface area contributed by atoms with Crippen molar-refractivity contribution in [1.82, 2.24) is 10.2 Å². The molecule has 0 saturated carbocycles. The van der Waals surface area contributed by atoms with Crippen molar-refractivity contribution in [3.8, 4) is 0 Å². The molecule has 1 aliphatic rings. The van der Waals surface area contributed by atoms with Gasteiger partial charge in [0.1, 0.15) is 0 Å². The maximum atomic E-state index is 12.8. The summed E-state index contributed by atoms with van der Waals surface area (Å²) in [6, 6.07) is -0.758. The van der Waals surface area contributed by atoms with Crippen LogP contribution in [0.1, 0.15) is 181 Å². The maximum Gasteiger partial charge on any atom is 0.307 e. The number of nitrogens with zero attached hydrogens (tertiary/aromatic N) is 1. The van der Waals surface area contributed by atoms with Crippen molar-refractivity contribution in [3.63, 3.8) is 0 Å². The van der Waals surface area contributed by atoms with E-state index in [0.29, 0.717) is 13.2 Å². The Hall–Kier alpha value is -2.75. The summed E-state index contributed by atoms with van der Waals surface area (Å²) in [5.41, 5.74) is 0. The minimum absolute atomic E-state index is 0.0473. The SMILES string of the molecule is CCCCCC=CCC=CCCCCCCCCOC(=O)CC(CC(=O)OCCCCCCCCC=CCC=CCCCCC)NC(=O)CN1C[C@@H](O)[C@@H](O)C1. The van der Waals surface area contributed by atoms with Crippen molar-refractivity contribution in [2.45, 2.75) is 199 Å². The van der Waals surface area contributed by atoms with Gasteiger partial charge in [0.15, 0.2) is 0 Å². The number of aliphatic hydroxyl groups is 2. The summed E-state index contributed by atoms with van der Waals surface area (Å²) in [6.45, 7) is 5.42. The van der Waals surface area contributed by atoms with Crippen LogP contribution in [0.15, 0.2) is 48.6 Å². The minimum atomic E-state index is -0.900. The summed E-state index contributed by atoms with van der Waals surface area (Å²) < 4.78 is 10.9. The highest BCUT2D eigenvalue weighted by Gasteiger charge is 2.31. The molecule has 2 atom stereocenters. The molecule has 0 aromatic carbocycles. The molecule has 0 unspecified atom stereocenters. The van der Waals surface area contributed by atoms with Crippen molar-refractivity contribution in [2.75, 3.05) is 32.8 Å². The number of ether oxygens (including phenoxy) is 2. The van der Waals surface area contributed by atoms with Gasteiger partial charge in [0, 0.05) is 19.1 Å². The van der Waals surface area contributed by atoms with Gasteiger partial charge in [-0.05, 0) is 77.0 Å². The predicted molar refractivity (Wildman–Crippen MR) is 230 cm³/mol. The molecule has 1 heterocycles. The Labute approximate surface area is 341 Å². The Morgan fingerprint density at radius 3 is 1.30 bits per heavy atom. The molecular weight excluding hydrogens is 705 g/mol. The van der Waals surface area contributed by atoms with Crippen LogP contribution in [-0.4, -0.2) is 84.1 Å². The molecule has 0 bridgehead atoms. The minimum Gasteiger partial charge on any atom is -0.466 e. The molecule has 0 aliphatic carbocycles. The molecule has 0 aromatic rings. The highest BCUT2D eigenvalue weighted by atomic mass is 16.5. The zero-order chi connectivity index (χ0) is 40.7. The van der Waals surface area contributed by atoms with Crippen molar-refractivity contribution in [1.29, 1.82) is 0 Å². The van der Waals surface area contributed by atoms with E-state index in [1.54, 1.807) is 4.90 Å². The van der Waals surface area contributed by atoms with Crippen LogP contribution < -0.4 is 5.32 Å². The first-order chi connectivity index (χ1) is 27.3. The Kier molecular flexibility index (Phi) is 34.6. The molecule has 9 nitrogen and oxygen atoms in total. The average Bonchev–Trinajstić information content (AvgIpc) is 3.48. The second-order valence-corrected chi connectivity index (χ2v) is 15.6. The zero-order valence-electron chi connectivity index (χ0n) is 35.7. The summed E-state index contributed by atoms with van der Waals surface area (Å²) >= 11 is 0. The van der Waals surface area contributed by atoms with E-state index in [0.717, 1.165) is 77.0 Å². The summed E-state index contributed by atoms with van der Waals surface area (Å²) in [6.07, 6.45) is 43.4. The molecule has 56 heavy (non-hydrogen) atoms. The first-order valence-corrected chi connectivity index (χ1v) is 22.6. The second-order valence-electron chi connectivity index (χ2n) is 15.6. The first kappa shape index (κ1) is 51.3. The summed E-state index contributed by atoms with van der Waals surface area (Å²) in [5, 5.41) is 22.5. The van der Waals surface area contributed by atoms with Gasteiger partial charge in [-0.1, -0.05) is 140 Å². The van der Waals surface area contributed by atoms with Crippen LogP contribution in [0.25, 0.3) is 0 Å². The molecule has 0 radical (unpaired) electrons. The number of hydrogen-bond acceptors (Lipinski definition) is 8. The third kappa shape index (κ3) is 32.3. The quantitative estimate of drug-likeness (QED) is 0.0323. The number of amides is 1. The number of hydrogen-bond donors (Lipinski definition) is 3. The molecule has 3 N–H and O–H groups in total. The van der Waals surface area contributed by atoms with Gasteiger partial charge in [0.05, 0.1) is 44.8 Å². The molecule has 1 rings (SSSR count). The molecule has 9 heteroatoms. The Balaban J connectivity index is 2.25. The lowest BCUT2D eigenvalue weighted by Crippen LogP contribution is -2.44. The van der Waals surface area contributed by atoms with Crippen LogP contribution in [-0.2, 0) is 23.9 Å². The van der Waals surface area contributed by atoms with Crippen molar-refractivity contribution in [3.05, 3.63) is 48.6 Å². The highest BCUT2D eigenvalue weighted by Crippen LogP contribution is 2.13. The van der Waals surface area contributed by atoms with Gasteiger partial charge < -0.3 is 25.0 Å². The van der Waals surface area contributed by atoms with E-state index < -0.39 is 30.2 Å². The molecule has 0 aromatic heterocycles. The van der Waals surface area contributed by atoms with Gasteiger partial charge in [0.25, 0.3) is 0 Å². The fourth-order valence-electron chi connectivity index (χ4n) is 6.70. The normalized spacial score (nSPS) is 16.9. The second kappa shape index (κ2) is 37.8. The zero-order valence-corrected chi connectivity index (χ0v) is 35.7. The van der Waals surface area contributed by atoms with Gasteiger partial charge in [0.2, 0.25) is 5.91 Å². The van der Waals surface area contributed by atoms with E-state index in [2.05, 4.69) is 67.8 Å². The van der Waals surface area contributed by atoms with Crippen molar-refractivity contribution < 1.29 is 34.1 Å². The van der Waals surface area contributed by atoms with Crippen LogP contribution in [0.2, 0.25) is 0 Å². The van der Waals surface area contributed by atoms with Gasteiger partial charge >= 0.3 is 11.9 Å². The molecule has 1 amide bonds. The molecule has 1 saturated heterocycles. The van der Waals surface area contributed by atoms with Gasteiger partial charge in [-0.2, -0.15) is 0 Å². The lowest BCUT2D eigenvalue weighted by Gasteiger charge is -2.20. The van der Waals surface area contributed by atoms with Crippen LogP contribution in [0.5, 0.6) is 0 Å². The fourth-order valence-corrected chi connectivity index (χ4v) is 6.70. The first-order valence-electron chi connectivity index (χ1n) is 22.6. The number of β-amino-alcohol motifs (C(OH)–C–C–N with tert-alkyl or cyclic N) is 2. The number of rotatable bonds is 37. The van der Waals surface area contributed by atoms with Crippen LogP contribution in [0, 0.1) is 0 Å². The molecular formula is C47H82N2O7. The van der Waals surface area contributed by atoms with Gasteiger partial charge in [-0.25, -0.2) is 0 Å². The van der Waals surface area contributed by atoms with Gasteiger partial charge in [-0.15, -0.1) is 0 Å². The van der Waals surface area contributed by atoms with E-state index in [1.807, 2.05) is 0 Å². The summed E-state index contributed by atoms with van der Waals surface area (Å²) in [4.78, 5) is 39.9. The molecule has 322 valence electrons. The summed E-state index contributed by atoms with van der Waals surface area (Å²) in [7, 11) is 0. The summed E-state index contributed by atoms with van der Waals surface area (Å²) in [5.74, 6) is -1.29. The van der Waals surface area contributed by atoms with Crippen molar-refractivity contribution in [2.24, 2.45) is 0 Å². The lowest BCUT2D eigenvalue weighted by atomic mass is 10.1. The highest BCUT2D eigenvalue weighted by molar-refractivity contribution is 5.81. The van der Waals surface area contributed by atoms with Crippen LogP contribution >= 0.6 is 0 Å². The van der Waals surface area contributed by atoms with E-state index in [9.17, 15) is 24.6 Å². The predicted octanol–water partition coefficient (Wildman–Crippen LogP) is 10.0. The van der Waals surface area contributed by atoms with E-state index in [4.69, 9.17) is 9.47 Å². The fraction of sp³-hybridized carbons (Fsp3) is 0.766. The van der Waals surface area contributed by atoms with E-state index in [-0.39, 0.29) is 38.4 Å². The average molecular weight is 787 g/mol. The van der Waals surface area contributed by atoms with E-state index >= 15 is 0 Å². The largest absolute Gasteiger partial charge is 0.466 e. The number of unbranched alkanes of at least 4 members (excludes halogenated alkanes) is 18. The lowest BCUT2D eigenvalue weighted by molar-refractivity contribution is -0.146. The van der Waals surface area contributed by atoms with Crippen LogP contribution in [0.3, 0.4) is 0 Å².